The Balaban J connectivity index is 2.27. The van der Waals surface area contributed by atoms with Crippen molar-refractivity contribution in [3.05, 3.63) is 79.1 Å². The summed E-state index contributed by atoms with van der Waals surface area (Å²) in [5.41, 5.74) is 0.266. The molecule has 3 rings (SSSR count). The molecule has 0 fully saturated rings. The molecule has 0 atom stereocenters. The summed E-state index contributed by atoms with van der Waals surface area (Å²) in [5, 5.41) is 14.9. The number of ether oxygens (including phenoxy) is 2. The minimum Gasteiger partial charge on any atom is -0.493 e. The van der Waals surface area contributed by atoms with Crippen LogP contribution in [0.2, 0.25) is 0 Å². The largest absolute Gasteiger partial charge is 0.493 e. The van der Waals surface area contributed by atoms with E-state index in [-0.39, 0.29) is 27.8 Å². The van der Waals surface area contributed by atoms with Gasteiger partial charge in [-0.05, 0) is 24.3 Å². The quantitative estimate of drug-likeness (QED) is 0.542. The number of H-pyrrole nitrogens is 1. The van der Waals surface area contributed by atoms with Gasteiger partial charge in [0, 0.05) is 0 Å². The number of aromatic amines is 1. The van der Waals surface area contributed by atoms with E-state index in [1.165, 1.54) is 37.1 Å². The molecule has 0 aliphatic rings. The number of hydrogen-bond donors (Lipinski definition) is 1. The van der Waals surface area contributed by atoms with Crippen molar-refractivity contribution in [1.29, 1.82) is 0 Å². The average Bonchev–Trinajstić information content (AvgIpc) is 2.96. The van der Waals surface area contributed by atoms with Crippen LogP contribution in [0, 0.1) is 10.1 Å². The first kappa shape index (κ1) is 18.0. The fourth-order valence-electron chi connectivity index (χ4n) is 2.72. The second-order valence-electron chi connectivity index (χ2n) is 5.65. The Morgan fingerprint density at radius 3 is 2.37 bits per heavy atom. The highest BCUT2D eigenvalue weighted by atomic mass is 16.6. The van der Waals surface area contributed by atoms with Crippen LogP contribution >= 0.6 is 0 Å². The van der Waals surface area contributed by atoms with Crippen LogP contribution in [0.1, 0.15) is 5.56 Å². The first-order valence-electron chi connectivity index (χ1n) is 7.93. The molecule has 0 bridgehead atoms. The molecule has 0 spiro atoms. The van der Waals surface area contributed by atoms with Gasteiger partial charge in [-0.1, -0.05) is 24.8 Å². The van der Waals surface area contributed by atoms with Gasteiger partial charge in [0.1, 0.15) is 0 Å². The van der Waals surface area contributed by atoms with Crippen LogP contribution in [0.5, 0.6) is 11.5 Å². The van der Waals surface area contributed by atoms with E-state index >= 15 is 0 Å². The number of benzene rings is 2. The van der Waals surface area contributed by atoms with E-state index in [2.05, 4.69) is 11.7 Å². The molecule has 0 amide bonds. The SMILES string of the molecule is C=c1[nH]n(-c2ccccc2)c(=O)/c1=C\c1cc(OC)c(OC)cc1[N+](=O)[O-]. The summed E-state index contributed by atoms with van der Waals surface area (Å²) < 4.78 is 11.7. The van der Waals surface area contributed by atoms with Crippen molar-refractivity contribution < 1.29 is 14.4 Å². The number of aromatic nitrogens is 2. The van der Waals surface area contributed by atoms with Crippen molar-refractivity contribution in [2.75, 3.05) is 14.2 Å². The molecule has 8 heteroatoms. The van der Waals surface area contributed by atoms with Gasteiger partial charge in [-0.25, -0.2) is 4.68 Å². The van der Waals surface area contributed by atoms with E-state index in [1.807, 2.05) is 6.07 Å². The van der Waals surface area contributed by atoms with Gasteiger partial charge in [-0.3, -0.25) is 20.0 Å². The molecule has 3 aromatic rings. The molecule has 27 heavy (non-hydrogen) atoms. The van der Waals surface area contributed by atoms with Crippen molar-refractivity contribution >= 4 is 18.3 Å². The molecule has 8 nitrogen and oxygen atoms in total. The first-order valence-corrected chi connectivity index (χ1v) is 7.93. The number of nitrogens with one attached hydrogen (secondary N) is 1. The van der Waals surface area contributed by atoms with Crippen LogP contribution in [-0.4, -0.2) is 28.9 Å². The lowest BCUT2D eigenvalue weighted by atomic mass is 10.1. The normalized spacial score (nSPS) is 11.4. The van der Waals surface area contributed by atoms with Gasteiger partial charge in [-0.2, -0.15) is 0 Å². The topological polar surface area (TPSA) is 99.4 Å². The van der Waals surface area contributed by atoms with Crippen LogP contribution in [0.4, 0.5) is 5.69 Å². The second-order valence-corrected chi connectivity index (χ2v) is 5.65. The molecule has 0 radical (unpaired) electrons. The molecule has 1 aromatic heterocycles. The van der Waals surface area contributed by atoms with Crippen LogP contribution in [0.3, 0.4) is 0 Å². The number of para-hydroxylation sites is 1. The Bertz CT molecular complexity index is 1160. The average molecular weight is 367 g/mol. The summed E-state index contributed by atoms with van der Waals surface area (Å²) >= 11 is 0. The lowest BCUT2D eigenvalue weighted by molar-refractivity contribution is -0.385. The molecule has 0 aliphatic heterocycles. The Labute approximate surface area is 153 Å². The van der Waals surface area contributed by atoms with E-state index in [1.54, 1.807) is 24.3 Å². The van der Waals surface area contributed by atoms with Gasteiger partial charge >= 0.3 is 0 Å². The molecule has 1 N–H and O–H groups in total. The van der Waals surface area contributed by atoms with Crippen molar-refractivity contribution in [2.45, 2.75) is 0 Å². The molecule has 138 valence electrons. The number of nitro benzene ring substituents is 1. The fourth-order valence-corrected chi connectivity index (χ4v) is 2.72. The van der Waals surface area contributed by atoms with E-state index in [4.69, 9.17) is 9.47 Å². The summed E-state index contributed by atoms with van der Waals surface area (Å²) in [6.45, 7) is 3.84. The van der Waals surface area contributed by atoms with E-state index < -0.39 is 4.92 Å². The zero-order chi connectivity index (χ0) is 19.6. The predicted octanol–water partition coefficient (Wildman–Crippen LogP) is 1.33. The summed E-state index contributed by atoms with van der Waals surface area (Å²) in [6.07, 6.45) is 1.42. The van der Waals surface area contributed by atoms with Gasteiger partial charge in [0.15, 0.2) is 11.5 Å². The first-order chi connectivity index (χ1) is 13.0. The van der Waals surface area contributed by atoms with Gasteiger partial charge in [0.2, 0.25) is 0 Å². The highest BCUT2D eigenvalue weighted by molar-refractivity contribution is 5.66. The Kier molecular flexibility index (Phi) is 4.80. The number of rotatable bonds is 5. The third-order valence-electron chi connectivity index (χ3n) is 4.05. The molecular formula is C19H17N3O5. The van der Waals surface area contributed by atoms with Gasteiger partial charge < -0.3 is 9.47 Å². The fraction of sp³-hybridized carbons (Fsp3) is 0.105. The monoisotopic (exact) mass is 367 g/mol. The van der Waals surface area contributed by atoms with Crippen molar-refractivity contribution in [3.8, 4) is 17.2 Å². The molecule has 0 unspecified atom stereocenters. The van der Waals surface area contributed by atoms with E-state index in [9.17, 15) is 14.9 Å². The maximum atomic E-state index is 12.8. The van der Waals surface area contributed by atoms with Gasteiger partial charge in [0.25, 0.3) is 11.2 Å². The third kappa shape index (κ3) is 3.32. The molecule has 1 heterocycles. The van der Waals surface area contributed by atoms with Crippen molar-refractivity contribution in [3.63, 3.8) is 0 Å². The molecular weight excluding hydrogens is 350 g/mol. The minimum absolute atomic E-state index is 0.207. The lowest BCUT2D eigenvalue weighted by Crippen LogP contribution is -2.34. The Morgan fingerprint density at radius 1 is 1.15 bits per heavy atom. The van der Waals surface area contributed by atoms with Crippen LogP contribution in [0.15, 0.2) is 47.3 Å². The maximum Gasteiger partial charge on any atom is 0.280 e. The molecule has 2 aromatic carbocycles. The number of hydrogen-bond acceptors (Lipinski definition) is 5. The Morgan fingerprint density at radius 2 is 1.78 bits per heavy atom. The minimum atomic E-state index is -0.543. The van der Waals surface area contributed by atoms with E-state index in [0.29, 0.717) is 16.8 Å². The summed E-state index contributed by atoms with van der Waals surface area (Å²) in [7, 11) is 2.82. The van der Waals surface area contributed by atoms with E-state index in [0.717, 1.165) is 0 Å². The third-order valence-corrected chi connectivity index (χ3v) is 4.05. The standard InChI is InChI=1S/C19H17N3O5/c1-12-15(19(23)21(20-12)14-7-5-4-6-8-14)9-13-10-17(26-2)18(27-3)11-16(13)22(24)25/h4-11,20H,1H2,2-3H3/b15-9-. The highest BCUT2D eigenvalue weighted by Gasteiger charge is 2.18. The van der Waals surface area contributed by atoms with Gasteiger partial charge in [-0.15, -0.1) is 0 Å². The van der Waals surface area contributed by atoms with Crippen molar-refractivity contribution in [2.24, 2.45) is 0 Å². The van der Waals surface area contributed by atoms with Crippen LogP contribution in [-0.2, 0) is 0 Å². The zero-order valence-electron chi connectivity index (χ0n) is 14.8. The Hall–Kier alpha value is -3.81. The molecule has 0 saturated carbocycles. The highest BCUT2D eigenvalue weighted by Crippen LogP contribution is 2.34. The maximum absolute atomic E-state index is 12.8. The van der Waals surface area contributed by atoms with Gasteiger partial charge in [0.05, 0.1) is 47.0 Å². The summed E-state index contributed by atoms with van der Waals surface area (Å²) in [5.74, 6) is 0.547. The number of nitro groups is 1. The van der Waals surface area contributed by atoms with Crippen LogP contribution < -0.4 is 25.6 Å². The molecule has 0 saturated heterocycles. The number of nitrogens with zero attached hydrogens (tertiary/aromatic N) is 2. The zero-order valence-corrected chi connectivity index (χ0v) is 14.8. The second kappa shape index (κ2) is 7.20. The summed E-state index contributed by atoms with van der Waals surface area (Å²) in [6, 6.07) is 11.7. The molecule has 0 aliphatic carbocycles. The smallest absolute Gasteiger partial charge is 0.280 e. The van der Waals surface area contributed by atoms with Crippen LogP contribution in [0.25, 0.3) is 18.3 Å². The number of methoxy groups -OCH3 is 2. The lowest BCUT2D eigenvalue weighted by Gasteiger charge is -2.08. The summed E-state index contributed by atoms with van der Waals surface area (Å²) in [4.78, 5) is 23.7. The van der Waals surface area contributed by atoms with Crippen molar-refractivity contribution in [1.82, 2.24) is 9.78 Å². The predicted molar refractivity (Wildman–Crippen MR) is 101 cm³/mol.